The van der Waals surface area contributed by atoms with Crippen molar-refractivity contribution in [3.05, 3.63) is 23.8 Å². The topological polar surface area (TPSA) is 50.4 Å². The Morgan fingerprint density at radius 2 is 2.14 bits per heavy atom. The molecule has 1 aromatic rings. The van der Waals surface area contributed by atoms with Crippen molar-refractivity contribution in [2.24, 2.45) is 5.92 Å². The molecule has 0 atom stereocenters. The number of benzene rings is 1. The fraction of sp³-hybridized carbons (Fsp3) is 0.588. The van der Waals surface area contributed by atoms with Crippen LogP contribution in [0, 0.1) is 5.92 Å². The molecule has 0 bridgehead atoms. The second-order valence-corrected chi connectivity index (χ2v) is 6.01. The molecule has 1 aliphatic carbocycles. The lowest BCUT2D eigenvalue weighted by Gasteiger charge is -2.23. The molecule has 1 fully saturated rings. The van der Waals surface area contributed by atoms with Crippen molar-refractivity contribution >= 4 is 11.6 Å². The zero-order chi connectivity index (χ0) is 14.5. The molecule has 2 aliphatic rings. The van der Waals surface area contributed by atoms with E-state index in [9.17, 15) is 4.79 Å². The summed E-state index contributed by atoms with van der Waals surface area (Å²) in [5, 5.41) is 6.31. The van der Waals surface area contributed by atoms with Crippen molar-refractivity contribution in [2.45, 2.75) is 38.5 Å². The smallest absolute Gasteiger partial charge is 0.255 e. The molecule has 0 unspecified atom stereocenters. The zero-order valence-corrected chi connectivity index (χ0v) is 12.5. The van der Waals surface area contributed by atoms with Crippen molar-refractivity contribution in [3.8, 4) is 5.75 Å². The number of carbonyl (C=O) groups excluding carboxylic acids is 1. The molecule has 0 spiro atoms. The van der Waals surface area contributed by atoms with Crippen LogP contribution in [-0.2, 0) is 0 Å². The van der Waals surface area contributed by atoms with Crippen LogP contribution < -0.4 is 15.4 Å². The van der Waals surface area contributed by atoms with Crippen molar-refractivity contribution in [1.82, 2.24) is 5.32 Å². The number of anilines is 1. The molecule has 4 nitrogen and oxygen atoms in total. The van der Waals surface area contributed by atoms with Gasteiger partial charge in [0.15, 0.2) is 5.75 Å². The molecule has 3 rings (SSSR count). The number of ether oxygens (including phenoxy) is 1. The number of amides is 1. The quantitative estimate of drug-likeness (QED) is 0.894. The van der Waals surface area contributed by atoms with Gasteiger partial charge in [0, 0.05) is 13.1 Å². The highest BCUT2D eigenvalue weighted by Gasteiger charge is 2.19. The minimum atomic E-state index is -0.0219. The first-order valence-electron chi connectivity index (χ1n) is 8.12. The van der Waals surface area contributed by atoms with E-state index < -0.39 is 0 Å². The van der Waals surface area contributed by atoms with Gasteiger partial charge in [0.05, 0.1) is 11.3 Å². The lowest BCUT2D eigenvalue weighted by Crippen LogP contribution is -2.28. The Kier molecular flexibility index (Phi) is 4.63. The number of carbonyl (C=O) groups is 1. The Balaban J connectivity index is 1.55. The second-order valence-electron chi connectivity index (χ2n) is 6.01. The van der Waals surface area contributed by atoms with Crippen molar-refractivity contribution in [2.75, 3.05) is 25.0 Å². The molecule has 0 saturated heterocycles. The summed E-state index contributed by atoms with van der Waals surface area (Å²) in [5.74, 6) is 1.46. The first kappa shape index (κ1) is 14.2. The van der Waals surface area contributed by atoms with Gasteiger partial charge in [-0.05, 0) is 24.5 Å². The van der Waals surface area contributed by atoms with E-state index in [-0.39, 0.29) is 5.91 Å². The first-order valence-corrected chi connectivity index (χ1v) is 8.12. The summed E-state index contributed by atoms with van der Waals surface area (Å²) in [6.45, 7) is 2.17. The van der Waals surface area contributed by atoms with E-state index in [1.165, 1.54) is 32.1 Å². The molecule has 2 N–H and O–H groups in total. The standard InChI is InChI=1S/C17H24N2O2/c20-17(19-10-9-13-5-2-1-3-6-13)14-7-4-8-15-16(14)21-12-11-18-15/h4,7-8,13,18H,1-3,5-6,9-12H2,(H,19,20). The fourth-order valence-corrected chi connectivity index (χ4v) is 3.31. The monoisotopic (exact) mass is 288 g/mol. The largest absolute Gasteiger partial charge is 0.489 e. The molecule has 1 aliphatic heterocycles. The van der Waals surface area contributed by atoms with E-state index in [0.717, 1.165) is 31.1 Å². The summed E-state index contributed by atoms with van der Waals surface area (Å²) in [4.78, 5) is 12.3. The van der Waals surface area contributed by atoms with E-state index in [4.69, 9.17) is 4.74 Å². The van der Waals surface area contributed by atoms with Crippen LogP contribution in [0.1, 0.15) is 48.9 Å². The summed E-state index contributed by atoms with van der Waals surface area (Å²) in [5.41, 5.74) is 1.56. The van der Waals surface area contributed by atoms with E-state index in [0.29, 0.717) is 17.9 Å². The number of nitrogens with one attached hydrogen (secondary N) is 2. The SMILES string of the molecule is O=C(NCCC1CCCCC1)c1cccc2c1OCCN2. The van der Waals surface area contributed by atoms with E-state index >= 15 is 0 Å². The van der Waals surface area contributed by atoms with Crippen LogP contribution in [0.15, 0.2) is 18.2 Å². The van der Waals surface area contributed by atoms with Crippen LogP contribution in [0.3, 0.4) is 0 Å². The molecule has 1 aromatic carbocycles. The third-order valence-electron chi connectivity index (χ3n) is 4.49. The van der Waals surface area contributed by atoms with Gasteiger partial charge < -0.3 is 15.4 Å². The first-order chi connectivity index (χ1) is 10.3. The Hall–Kier alpha value is -1.71. The molecule has 1 heterocycles. The normalized spacial score (nSPS) is 18.3. The highest BCUT2D eigenvalue weighted by Crippen LogP contribution is 2.31. The lowest BCUT2D eigenvalue weighted by atomic mass is 9.87. The number of hydrogen-bond donors (Lipinski definition) is 2. The average Bonchev–Trinajstić information content (AvgIpc) is 2.55. The highest BCUT2D eigenvalue weighted by molar-refractivity contribution is 5.98. The third-order valence-corrected chi connectivity index (χ3v) is 4.49. The van der Waals surface area contributed by atoms with Gasteiger partial charge in [-0.2, -0.15) is 0 Å². The molecule has 1 saturated carbocycles. The molecule has 0 aromatic heterocycles. The summed E-state index contributed by atoms with van der Waals surface area (Å²) >= 11 is 0. The predicted molar refractivity (Wildman–Crippen MR) is 84.0 cm³/mol. The van der Waals surface area contributed by atoms with E-state index in [1.807, 2.05) is 18.2 Å². The summed E-state index contributed by atoms with van der Waals surface area (Å²) < 4.78 is 5.65. The van der Waals surface area contributed by atoms with E-state index in [2.05, 4.69) is 10.6 Å². The van der Waals surface area contributed by atoms with Crippen LogP contribution in [0.5, 0.6) is 5.75 Å². The number of para-hydroxylation sites is 1. The van der Waals surface area contributed by atoms with Crippen molar-refractivity contribution in [1.29, 1.82) is 0 Å². The van der Waals surface area contributed by atoms with Crippen molar-refractivity contribution < 1.29 is 9.53 Å². The lowest BCUT2D eigenvalue weighted by molar-refractivity contribution is 0.0946. The zero-order valence-electron chi connectivity index (χ0n) is 12.5. The van der Waals surface area contributed by atoms with Gasteiger partial charge in [-0.3, -0.25) is 4.79 Å². The van der Waals surface area contributed by atoms with Gasteiger partial charge in [0.1, 0.15) is 6.61 Å². The van der Waals surface area contributed by atoms with Gasteiger partial charge >= 0.3 is 0 Å². The molecule has 1 amide bonds. The summed E-state index contributed by atoms with van der Waals surface area (Å²) in [6.07, 6.45) is 7.82. The van der Waals surface area contributed by atoms with Crippen LogP contribution in [0.25, 0.3) is 0 Å². The third kappa shape index (κ3) is 3.49. The van der Waals surface area contributed by atoms with Gasteiger partial charge in [-0.1, -0.05) is 38.2 Å². The summed E-state index contributed by atoms with van der Waals surface area (Å²) in [7, 11) is 0. The van der Waals surface area contributed by atoms with Gasteiger partial charge in [0.2, 0.25) is 0 Å². The molecular weight excluding hydrogens is 264 g/mol. The average molecular weight is 288 g/mol. The van der Waals surface area contributed by atoms with Gasteiger partial charge in [0.25, 0.3) is 5.91 Å². The van der Waals surface area contributed by atoms with Crippen molar-refractivity contribution in [3.63, 3.8) is 0 Å². The maximum absolute atomic E-state index is 12.3. The molecular formula is C17H24N2O2. The maximum Gasteiger partial charge on any atom is 0.255 e. The minimum absolute atomic E-state index is 0.0219. The highest BCUT2D eigenvalue weighted by atomic mass is 16.5. The predicted octanol–water partition coefficient (Wildman–Crippen LogP) is 3.19. The molecule has 4 heteroatoms. The molecule has 0 radical (unpaired) electrons. The second kappa shape index (κ2) is 6.83. The molecule has 114 valence electrons. The Morgan fingerprint density at radius 3 is 3.00 bits per heavy atom. The molecule has 21 heavy (non-hydrogen) atoms. The van der Waals surface area contributed by atoms with Gasteiger partial charge in [-0.15, -0.1) is 0 Å². The number of rotatable bonds is 4. The van der Waals surface area contributed by atoms with Gasteiger partial charge in [-0.25, -0.2) is 0 Å². The Labute approximate surface area is 126 Å². The number of fused-ring (bicyclic) bond motifs is 1. The van der Waals surface area contributed by atoms with Crippen LogP contribution in [0.4, 0.5) is 5.69 Å². The maximum atomic E-state index is 12.3. The fourth-order valence-electron chi connectivity index (χ4n) is 3.31. The summed E-state index contributed by atoms with van der Waals surface area (Å²) in [6, 6.07) is 5.69. The Bertz CT molecular complexity index is 496. The van der Waals surface area contributed by atoms with Crippen LogP contribution >= 0.6 is 0 Å². The number of hydrogen-bond acceptors (Lipinski definition) is 3. The van der Waals surface area contributed by atoms with E-state index in [1.54, 1.807) is 0 Å². The Morgan fingerprint density at radius 1 is 1.29 bits per heavy atom. The minimum Gasteiger partial charge on any atom is -0.489 e. The van der Waals surface area contributed by atoms with Crippen LogP contribution in [0.2, 0.25) is 0 Å². The van der Waals surface area contributed by atoms with Crippen LogP contribution in [-0.4, -0.2) is 25.6 Å².